The summed E-state index contributed by atoms with van der Waals surface area (Å²) in [6.45, 7) is 1.24. The van der Waals surface area contributed by atoms with Crippen molar-refractivity contribution in [3.05, 3.63) is 53.1 Å². The summed E-state index contributed by atoms with van der Waals surface area (Å²) in [5, 5.41) is 0.184. The topological polar surface area (TPSA) is 101 Å². The molecule has 0 atom stereocenters. The first-order valence-corrected chi connectivity index (χ1v) is 11.7. The number of amides is 1. The first kappa shape index (κ1) is 19.7. The van der Waals surface area contributed by atoms with Gasteiger partial charge < -0.3 is 4.90 Å². The van der Waals surface area contributed by atoms with Gasteiger partial charge in [-0.2, -0.15) is 0 Å². The third-order valence-corrected chi connectivity index (χ3v) is 6.99. The van der Waals surface area contributed by atoms with E-state index in [1.165, 1.54) is 42.5 Å². The van der Waals surface area contributed by atoms with Crippen molar-refractivity contribution in [1.82, 2.24) is 4.90 Å². The highest BCUT2D eigenvalue weighted by molar-refractivity contribution is 7.92. The smallest absolute Gasteiger partial charge is 0.261 e. The number of hydrogen-bond donors (Lipinski definition) is 1. The Labute approximate surface area is 162 Å². The molecule has 0 radical (unpaired) electrons. The molecule has 1 N–H and O–H groups in total. The number of anilines is 1. The van der Waals surface area contributed by atoms with Gasteiger partial charge in [-0.15, -0.1) is 0 Å². The molecule has 7 nitrogen and oxygen atoms in total. The van der Waals surface area contributed by atoms with Crippen LogP contribution in [0.1, 0.15) is 16.8 Å². The Balaban J connectivity index is 1.87. The number of nitrogens with zero attached hydrogens (tertiary/aromatic N) is 1. The molecule has 144 valence electrons. The normalized spacial score (nSPS) is 14.5. The standard InChI is InChI=1S/C17H17ClN2O5S2/c1-26(22,23)13-5-3-12(4-6-13)19-27(24,25)14-7-8-16(18)15(11-14)17(21)20-9-2-10-20/h3-8,11,19H,2,9-10H2,1H3. The SMILES string of the molecule is CS(=O)(=O)c1ccc(NS(=O)(=O)c2ccc(Cl)c(C(=O)N3CCC3)c2)cc1. The third-order valence-electron chi connectivity index (χ3n) is 4.16. The van der Waals surface area contributed by atoms with Crippen LogP contribution < -0.4 is 4.72 Å². The zero-order valence-corrected chi connectivity index (χ0v) is 16.7. The molecule has 1 aliphatic rings. The van der Waals surface area contributed by atoms with Crippen LogP contribution in [0, 0.1) is 0 Å². The van der Waals surface area contributed by atoms with E-state index < -0.39 is 19.9 Å². The summed E-state index contributed by atoms with van der Waals surface area (Å²) >= 11 is 6.07. The molecule has 1 saturated heterocycles. The van der Waals surface area contributed by atoms with E-state index in [9.17, 15) is 21.6 Å². The van der Waals surface area contributed by atoms with Crippen LogP contribution in [0.3, 0.4) is 0 Å². The van der Waals surface area contributed by atoms with Crippen LogP contribution in [-0.2, 0) is 19.9 Å². The van der Waals surface area contributed by atoms with Gasteiger partial charge in [-0.25, -0.2) is 16.8 Å². The zero-order valence-electron chi connectivity index (χ0n) is 14.3. The van der Waals surface area contributed by atoms with Gasteiger partial charge in [0, 0.05) is 25.0 Å². The van der Waals surface area contributed by atoms with E-state index >= 15 is 0 Å². The predicted molar refractivity (Wildman–Crippen MR) is 102 cm³/mol. The highest BCUT2D eigenvalue weighted by atomic mass is 35.5. The van der Waals surface area contributed by atoms with Crippen LogP contribution in [0.2, 0.25) is 5.02 Å². The number of sulfonamides is 1. The molecule has 1 fully saturated rings. The molecule has 1 aliphatic heterocycles. The lowest BCUT2D eigenvalue weighted by molar-refractivity contribution is 0.0651. The van der Waals surface area contributed by atoms with Crippen molar-refractivity contribution in [3.63, 3.8) is 0 Å². The Bertz CT molecular complexity index is 1090. The fraction of sp³-hybridized carbons (Fsp3) is 0.235. The summed E-state index contributed by atoms with van der Waals surface area (Å²) in [6, 6.07) is 9.27. The average Bonchev–Trinajstić information content (AvgIpc) is 2.52. The van der Waals surface area contributed by atoms with Crippen LogP contribution in [-0.4, -0.2) is 47.0 Å². The quantitative estimate of drug-likeness (QED) is 0.787. The summed E-state index contributed by atoms with van der Waals surface area (Å²) in [6.07, 6.45) is 1.98. The van der Waals surface area contributed by atoms with Crippen LogP contribution in [0.5, 0.6) is 0 Å². The second-order valence-corrected chi connectivity index (χ2v) is 10.3. The molecule has 3 rings (SSSR count). The van der Waals surface area contributed by atoms with Gasteiger partial charge in [0.25, 0.3) is 15.9 Å². The molecule has 0 aromatic heterocycles. The maximum Gasteiger partial charge on any atom is 0.261 e. The molecule has 2 aromatic rings. The van der Waals surface area contributed by atoms with Gasteiger partial charge in [0.15, 0.2) is 9.84 Å². The second-order valence-electron chi connectivity index (χ2n) is 6.19. The maximum atomic E-state index is 12.6. The summed E-state index contributed by atoms with van der Waals surface area (Å²) in [5.74, 6) is -0.305. The maximum absolute atomic E-state index is 12.6. The van der Waals surface area contributed by atoms with Crippen molar-refractivity contribution in [2.45, 2.75) is 16.2 Å². The fourth-order valence-electron chi connectivity index (χ4n) is 2.51. The monoisotopic (exact) mass is 428 g/mol. The lowest BCUT2D eigenvalue weighted by Gasteiger charge is -2.31. The third kappa shape index (κ3) is 4.26. The number of benzene rings is 2. The van der Waals surface area contributed by atoms with E-state index in [1.807, 2.05) is 0 Å². The number of halogens is 1. The number of rotatable bonds is 5. The van der Waals surface area contributed by atoms with Crippen molar-refractivity contribution in [3.8, 4) is 0 Å². The molecule has 0 bridgehead atoms. The molecule has 0 aliphatic carbocycles. The molecule has 1 heterocycles. The van der Waals surface area contributed by atoms with Crippen molar-refractivity contribution in [2.24, 2.45) is 0 Å². The van der Waals surface area contributed by atoms with Gasteiger partial charge >= 0.3 is 0 Å². The largest absolute Gasteiger partial charge is 0.338 e. The van der Waals surface area contributed by atoms with Crippen molar-refractivity contribution in [1.29, 1.82) is 0 Å². The Kier molecular flexibility index (Phi) is 5.20. The van der Waals surface area contributed by atoms with Gasteiger partial charge in [-0.3, -0.25) is 9.52 Å². The lowest BCUT2D eigenvalue weighted by atomic mass is 10.1. The lowest BCUT2D eigenvalue weighted by Crippen LogP contribution is -2.42. The van der Waals surface area contributed by atoms with Gasteiger partial charge in [0.1, 0.15) is 0 Å². The number of likely N-dealkylation sites (tertiary alicyclic amines) is 1. The Morgan fingerprint density at radius 1 is 1.00 bits per heavy atom. The summed E-state index contributed by atoms with van der Waals surface area (Å²) < 4.78 is 50.6. The molecule has 1 amide bonds. The molecule has 0 unspecified atom stereocenters. The first-order valence-electron chi connectivity index (χ1n) is 8.00. The van der Waals surface area contributed by atoms with E-state index in [4.69, 9.17) is 11.6 Å². The van der Waals surface area contributed by atoms with E-state index in [0.717, 1.165) is 12.7 Å². The fourth-order valence-corrected chi connectivity index (χ4v) is 4.42. The Morgan fingerprint density at radius 2 is 1.59 bits per heavy atom. The summed E-state index contributed by atoms with van der Waals surface area (Å²) in [5.41, 5.74) is 0.333. The van der Waals surface area contributed by atoms with Gasteiger partial charge in [-0.05, 0) is 48.9 Å². The molecule has 0 saturated carbocycles. The number of nitrogens with one attached hydrogen (secondary N) is 1. The van der Waals surface area contributed by atoms with Crippen molar-refractivity contribution >= 4 is 43.1 Å². The van der Waals surface area contributed by atoms with Gasteiger partial charge in [-0.1, -0.05) is 11.6 Å². The molecule has 10 heteroatoms. The molecule has 27 heavy (non-hydrogen) atoms. The molecular formula is C17H17ClN2O5S2. The van der Waals surface area contributed by atoms with Crippen molar-refractivity contribution in [2.75, 3.05) is 24.1 Å². The van der Waals surface area contributed by atoms with E-state index in [0.29, 0.717) is 13.1 Å². The Morgan fingerprint density at radius 3 is 2.11 bits per heavy atom. The predicted octanol–water partition coefficient (Wildman–Crippen LogP) is 2.39. The van der Waals surface area contributed by atoms with Crippen LogP contribution >= 0.6 is 11.6 Å². The van der Waals surface area contributed by atoms with E-state index in [-0.39, 0.29) is 32.0 Å². The second kappa shape index (κ2) is 7.14. The number of carbonyl (C=O) groups is 1. The van der Waals surface area contributed by atoms with Crippen LogP contribution in [0.4, 0.5) is 5.69 Å². The van der Waals surface area contributed by atoms with Crippen LogP contribution in [0.25, 0.3) is 0 Å². The number of sulfone groups is 1. The minimum Gasteiger partial charge on any atom is -0.338 e. The Hall–Kier alpha value is -2.10. The van der Waals surface area contributed by atoms with Gasteiger partial charge in [0.05, 0.1) is 20.4 Å². The molecular weight excluding hydrogens is 412 g/mol. The number of hydrogen-bond acceptors (Lipinski definition) is 5. The van der Waals surface area contributed by atoms with E-state index in [2.05, 4.69) is 4.72 Å². The highest BCUT2D eigenvalue weighted by Crippen LogP contribution is 2.25. The number of carbonyl (C=O) groups excluding carboxylic acids is 1. The minimum atomic E-state index is -3.98. The highest BCUT2D eigenvalue weighted by Gasteiger charge is 2.25. The van der Waals surface area contributed by atoms with Gasteiger partial charge in [0.2, 0.25) is 0 Å². The molecule has 2 aromatic carbocycles. The molecule has 0 spiro atoms. The summed E-state index contributed by atoms with van der Waals surface area (Å²) in [4.78, 5) is 14.0. The minimum absolute atomic E-state index is 0.0828. The summed E-state index contributed by atoms with van der Waals surface area (Å²) in [7, 11) is -7.35. The van der Waals surface area contributed by atoms with Crippen molar-refractivity contribution < 1.29 is 21.6 Å². The zero-order chi connectivity index (χ0) is 19.8. The van der Waals surface area contributed by atoms with Crippen LogP contribution in [0.15, 0.2) is 52.3 Å². The van der Waals surface area contributed by atoms with E-state index in [1.54, 1.807) is 4.90 Å². The first-order chi connectivity index (χ1) is 12.6. The average molecular weight is 429 g/mol.